The van der Waals surface area contributed by atoms with Crippen LogP contribution in [0.25, 0.3) is 0 Å². The molecule has 0 spiro atoms. The molecule has 0 fully saturated rings. The molecule has 0 aliphatic carbocycles. The van der Waals surface area contributed by atoms with Gasteiger partial charge in [-0.1, -0.05) is 215 Å². The van der Waals surface area contributed by atoms with Gasteiger partial charge in [0.1, 0.15) is 67.3 Å². The molecule has 0 aliphatic rings. The zero-order chi connectivity index (χ0) is 72.2. The van der Waals surface area contributed by atoms with E-state index >= 15 is 0 Å². The Balaban J connectivity index is 0.000000339. The number of methoxy groups -OCH3 is 2. The van der Waals surface area contributed by atoms with E-state index < -0.39 is 66.2 Å². The van der Waals surface area contributed by atoms with E-state index in [-0.39, 0.29) is 48.4 Å². The predicted octanol–water partition coefficient (Wildman–Crippen LogP) is 12.9. The minimum absolute atomic E-state index is 0.154. The van der Waals surface area contributed by atoms with Gasteiger partial charge in [-0.3, -0.25) is 34.6 Å². The van der Waals surface area contributed by atoms with Gasteiger partial charge in [0, 0.05) is 5.33 Å². The topological polar surface area (TPSA) is 300 Å². The highest BCUT2D eigenvalue weighted by Gasteiger charge is 2.30. The Morgan fingerprint density at radius 2 is 0.765 bits per heavy atom. The molecule has 19 nitrogen and oxygen atoms in total. The molecule has 98 heavy (non-hydrogen) atoms. The van der Waals surface area contributed by atoms with Gasteiger partial charge in [-0.25, -0.2) is 4.79 Å². The summed E-state index contributed by atoms with van der Waals surface area (Å²) < 4.78 is 25.7. The molecule has 0 aromatic heterocycles. The van der Waals surface area contributed by atoms with Gasteiger partial charge in [-0.05, 0) is 151 Å². The van der Waals surface area contributed by atoms with Gasteiger partial charge in [-0.15, -0.1) is 0 Å². The number of aryl methyl sites for hydroxylation is 3. The Morgan fingerprint density at radius 3 is 1.15 bits per heavy atom. The number of carbonyl (C=O) groups excluding carboxylic acids is 4. The molecule has 6 atom stereocenters. The van der Waals surface area contributed by atoms with Crippen molar-refractivity contribution in [3.05, 3.63) is 233 Å². The van der Waals surface area contributed by atoms with Gasteiger partial charge >= 0.3 is 35.8 Å². The van der Waals surface area contributed by atoms with Crippen LogP contribution in [-0.4, -0.2) is 112 Å². The first-order valence-electron chi connectivity index (χ1n) is 32.8. The molecule has 0 heterocycles. The molecule has 0 saturated heterocycles. The number of aliphatic hydroxyl groups excluding tert-OH is 1. The maximum atomic E-state index is 12.7. The van der Waals surface area contributed by atoms with Crippen molar-refractivity contribution in [2.45, 2.75) is 161 Å². The van der Waals surface area contributed by atoms with Crippen molar-refractivity contribution in [2.24, 2.45) is 23.5 Å². The number of hydrogen-bond donors (Lipinski definition) is 8. The average Bonchev–Trinajstić information content (AvgIpc) is 0.965. The molecule has 7 rings (SSSR count). The molecular formula is C78H100BrN3O16. The monoisotopic (exact) mass is 1410 g/mol. The van der Waals surface area contributed by atoms with Gasteiger partial charge in [-0.2, -0.15) is 0 Å². The fourth-order valence-electron chi connectivity index (χ4n) is 9.39. The molecule has 7 aromatic carbocycles. The summed E-state index contributed by atoms with van der Waals surface area (Å²) in [7, 11) is 2.66. The number of aliphatic carboxylic acids is 2. The molecule has 0 unspecified atom stereocenters. The lowest BCUT2D eigenvalue weighted by molar-refractivity contribution is -0.156. The van der Waals surface area contributed by atoms with E-state index in [0.717, 1.165) is 44.5 Å². The minimum atomic E-state index is -1.04. The highest BCUT2D eigenvalue weighted by atomic mass is 79.9. The third kappa shape index (κ3) is 36.4. The fourth-order valence-corrected chi connectivity index (χ4v) is 9.76. The van der Waals surface area contributed by atoms with E-state index in [9.17, 15) is 49.2 Å². The van der Waals surface area contributed by atoms with E-state index in [1.165, 1.54) is 19.8 Å². The van der Waals surface area contributed by atoms with E-state index in [4.69, 9.17) is 29.8 Å². The lowest BCUT2D eigenvalue weighted by Crippen LogP contribution is -2.49. The van der Waals surface area contributed by atoms with E-state index in [1.54, 1.807) is 36.4 Å². The van der Waals surface area contributed by atoms with Crippen LogP contribution >= 0.6 is 15.9 Å². The quantitative estimate of drug-likeness (QED) is 0.0108. The second kappa shape index (κ2) is 47.9. The Hall–Kier alpha value is -8.92. The highest BCUT2D eigenvalue weighted by molar-refractivity contribution is 9.08. The van der Waals surface area contributed by atoms with Crippen LogP contribution in [0.4, 0.5) is 0 Å². The van der Waals surface area contributed by atoms with E-state index in [0.29, 0.717) is 64.4 Å². The number of nitrogens with two attached hydrogens (primary N) is 1. The Kier molecular flexibility index (Phi) is 40.7. The maximum absolute atomic E-state index is 12.7. The van der Waals surface area contributed by atoms with Crippen molar-refractivity contribution < 1.29 is 78.0 Å². The molecule has 0 radical (unpaired) electrons. The van der Waals surface area contributed by atoms with Crippen LogP contribution in [0.2, 0.25) is 0 Å². The maximum Gasteiger partial charge on any atom is 0.335 e. The van der Waals surface area contributed by atoms with Crippen molar-refractivity contribution in [1.29, 1.82) is 0 Å². The molecule has 20 heteroatoms. The van der Waals surface area contributed by atoms with Gasteiger partial charge in [0.25, 0.3) is 0 Å². The zero-order valence-electron chi connectivity index (χ0n) is 57.5. The zero-order valence-corrected chi connectivity index (χ0v) is 59.1. The van der Waals surface area contributed by atoms with Crippen LogP contribution in [0.1, 0.15) is 119 Å². The van der Waals surface area contributed by atoms with Crippen LogP contribution in [0, 0.1) is 17.8 Å². The molecule has 0 saturated carbocycles. The lowest BCUT2D eigenvalue weighted by atomic mass is 10.0. The van der Waals surface area contributed by atoms with Crippen molar-refractivity contribution in [1.82, 2.24) is 10.6 Å². The summed E-state index contributed by atoms with van der Waals surface area (Å²) in [6.45, 7) is 12.6. The van der Waals surface area contributed by atoms with Gasteiger partial charge in [0.2, 0.25) is 0 Å². The fraction of sp³-hybridized carbons (Fsp3) is 0.385. The molecule has 0 bridgehead atoms. The third-order valence-electron chi connectivity index (χ3n) is 14.7. The summed E-state index contributed by atoms with van der Waals surface area (Å²) in [5.74, 6) is -1.96. The first-order valence-corrected chi connectivity index (χ1v) is 33.9. The SMILES string of the molecule is BrCc1ccccc1.CC(C)C[C@@H](O)C(=O)OCc1ccccc1.CC(C)C[C@H](N[C@@H](CCc1ccc(OCc2ccccc2)cc1)C(=O)O)C(=O)O.COC(=O)[C@@H](N)CCc1ccc(O)cc1.COC(=O)[C@H](CCc1ccc(O)cc1)N[C@@H](CC(C)C)C(=O)OCc1ccccc1. The molecule has 0 amide bonds. The van der Waals surface area contributed by atoms with Crippen LogP contribution in [-0.2, 0) is 92.1 Å². The summed E-state index contributed by atoms with van der Waals surface area (Å²) in [5, 5.41) is 53.7. The molecule has 7 aromatic rings. The van der Waals surface area contributed by atoms with Gasteiger partial charge in [0.05, 0.1) is 14.2 Å². The lowest BCUT2D eigenvalue weighted by Gasteiger charge is -2.24. The number of rotatable bonds is 33. The number of phenolic OH excluding ortho intramolecular Hbond substituents is 2. The van der Waals surface area contributed by atoms with Crippen LogP contribution in [0.15, 0.2) is 194 Å². The number of benzene rings is 7. The summed E-state index contributed by atoms with van der Waals surface area (Å²) in [5.41, 5.74) is 12.8. The van der Waals surface area contributed by atoms with Crippen molar-refractivity contribution >= 4 is 51.7 Å². The number of nitrogens with one attached hydrogen (secondary N) is 2. The first kappa shape index (κ1) is 83.3. The second-order valence-corrected chi connectivity index (χ2v) is 25.0. The molecular weight excluding hydrogens is 1310 g/mol. The highest BCUT2D eigenvalue weighted by Crippen LogP contribution is 2.19. The minimum Gasteiger partial charge on any atom is -0.508 e. The number of hydrogen-bond acceptors (Lipinski definition) is 17. The van der Waals surface area contributed by atoms with Crippen molar-refractivity contribution in [3.63, 3.8) is 0 Å². The normalized spacial score (nSPS) is 12.5. The Morgan fingerprint density at radius 1 is 0.408 bits per heavy atom. The summed E-state index contributed by atoms with van der Waals surface area (Å²) in [6.07, 6.45) is 3.47. The number of carboxylic acids is 2. The van der Waals surface area contributed by atoms with Crippen molar-refractivity contribution in [2.75, 3.05) is 14.2 Å². The van der Waals surface area contributed by atoms with Crippen LogP contribution < -0.4 is 21.1 Å². The molecule has 0 aliphatic heterocycles. The second-order valence-electron chi connectivity index (χ2n) is 24.5. The Labute approximate surface area is 586 Å². The average molecular weight is 1420 g/mol. The predicted molar refractivity (Wildman–Crippen MR) is 383 cm³/mol. The van der Waals surface area contributed by atoms with E-state index in [2.05, 4.69) is 43.4 Å². The number of ether oxygens (including phenoxy) is 5. The first-order chi connectivity index (χ1) is 46.9. The number of esters is 4. The summed E-state index contributed by atoms with van der Waals surface area (Å²) >= 11 is 3.36. The number of carbonyl (C=O) groups is 6. The number of halogens is 1. The number of phenols is 2. The van der Waals surface area contributed by atoms with Crippen molar-refractivity contribution in [3.8, 4) is 17.2 Å². The smallest absolute Gasteiger partial charge is 0.335 e. The number of aromatic hydroxyl groups is 2. The largest absolute Gasteiger partial charge is 0.508 e. The number of aliphatic hydroxyl groups is 1. The third-order valence-corrected chi connectivity index (χ3v) is 15.4. The standard InChI is InChI=1S/C24H31NO5.C23H29NO5.C13H18O3.C11H15NO3.C7H7Br/c1-17(2)15-22(24(28)30-16-19-7-5-4-6-8-19)25-21(23(27)29-3)14-11-18-9-12-20(26)13-10-18;1-16(2)14-21(23(27)28)24-20(22(25)26)13-10-17-8-11-19(12-9-17)29-15-18-6-4-3-5-7-18;1-10(2)8-12(14)13(15)16-9-11-6-4-3-5-7-11;1-15-11(14)10(12)7-4-8-2-5-9(13)6-3-8;8-6-7-4-2-1-3-5-7/h4-10,12-13,17,21-22,25-26H,11,14-16H2,1-3H3;3-9,11-12,16,20-21,24H,10,13-15H2,1-2H3,(H,25,26)(H,27,28);3-7,10,12,14H,8-9H2,1-2H3;2-3,5-6,10,13H,4,7,12H2,1H3;1-5H,6H2/t21-,22-;20-,21-;12-;10-;/m0010./s1. The Bertz CT molecular complexity index is 3330. The molecule has 530 valence electrons. The summed E-state index contributed by atoms with van der Waals surface area (Å²) in [4.78, 5) is 70.4. The van der Waals surface area contributed by atoms with Gasteiger partial charge < -0.3 is 55.0 Å². The number of alkyl halides is 1. The summed E-state index contributed by atoms with van der Waals surface area (Å²) in [6, 6.07) is 56.6. The number of carboxylic acid groups (broad SMARTS) is 2. The van der Waals surface area contributed by atoms with E-state index in [1.807, 2.05) is 187 Å². The molecule has 9 N–H and O–H groups in total. The van der Waals surface area contributed by atoms with Crippen LogP contribution in [0.3, 0.4) is 0 Å². The van der Waals surface area contributed by atoms with Gasteiger partial charge in [0.15, 0.2) is 6.10 Å². The van der Waals surface area contributed by atoms with Crippen LogP contribution in [0.5, 0.6) is 17.2 Å².